The van der Waals surface area contributed by atoms with Crippen LogP contribution in [-0.4, -0.2) is 70.2 Å². The van der Waals surface area contributed by atoms with Crippen molar-refractivity contribution in [2.75, 3.05) is 35.4 Å². The van der Waals surface area contributed by atoms with E-state index in [1.54, 1.807) is 19.2 Å². The van der Waals surface area contributed by atoms with Crippen LogP contribution in [0.5, 0.6) is 0 Å². The lowest BCUT2D eigenvalue weighted by atomic mass is 10.0. The van der Waals surface area contributed by atoms with Crippen molar-refractivity contribution in [1.82, 2.24) is 0 Å². The summed E-state index contributed by atoms with van der Waals surface area (Å²) in [6, 6.07) is 16.0. The second-order valence-electron chi connectivity index (χ2n) is 14.4. The summed E-state index contributed by atoms with van der Waals surface area (Å²) in [5, 5.41) is 47.6. The number of halogens is 8. The zero-order chi connectivity index (χ0) is 50.1. The van der Waals surface area contributed by atoms with E-state index in [1.807, 2.05) is 0 Å². The Balaban J connectivity index is 0.000000289. The number of nitriles is 3. The molecule has 0 unspecified atom stereocenters. The number of anilines is 3. The van der Waals surface area contributed by atoms with E-state index < -0.39 is 94.0 Å². The van der Waals surface area contributed by atoms with Gasteiger partial charge in [0.2, 0.25) is 0 Å². The largest absolute Gasteiger partial charge is 0.467 e. The number of amides is 1. The zero-order valence-corrected chi connectivity index (χ0v) is 36.5. The third-order valence-corrected chi connectivity index (χ3v) is 10.1. The highest BCUT2D eigenvalue weighted by Gasteiger charge is 2.51. The molecule has 23 heteroatoms. The van der Waals surface area contributed by atoms with Gasteiger partial charge >= 0.3 is 18.3 Å². The molecule has 0 radical (unpaired) electrons. The quantitative estimate of drug-likeness (QED) is 0.0341. The number of nitrogens with zero attached hydrogens (tertiary/aromatic N) is 5. The number of Topliss-reactive ketones (excluding diaryl/α,β-unsaturated/α-hetero) is 2. The van der Waals surface area contributed by atoms with Crippen molar-refractivity contribution in [3.8, 4) is 17.5 Å². The molecule has 1 fully saturated rings. The number of benzene rings is 4. The fraction of sp³-hybridized carbons (Fsp3) is 0.256. The van der Waals surface area contributed by atoms with Gasteiger partial charge in [-0.15, -0.1) is 0 Å². The number of thiocarbonyl (C=S) groups is 1. The molecule has 1 amide bonds. The number of carbonyl (C=O) groups excluding carboxylic acids is 4. The molecule has 0 bridgehead atoms. The van der Waals surface area contributed by atoms with Crippen LogP contribution in [0.4, 0.5) is 52.2 Å². The molecule has 0 atom stereocenters. The minimum absolute atomic E-state index is 0.0903. The van der Waals surface area contributed by atoms with Crippen LogP contribution in [0.2, 0.25) is 0 Å². The van der Waals surface area contributed by atoms with Gasteiger partial charge in [-0.25, -0.2) is 13.6 Å². The van der Waals surface area contributed by atoms with Crippen molar-refractivity contribution in [3.05, 3.63) is 118 Å². The van der Waals surface area contributed by atoms with Crippen LogP contribution in [-0.2, 0) is 26.7 Å². The number of hydrogen-bond acceptors (Lipinski definition) is 13. The number of carbonyl (C=O) groups is 4. The van der Waals surface area contributed by atoms with E-state index in [2.05, 4.69) is 10.1 Å². The number of methoxy groups -OCH3 is 1. The summed E-state index contributed by atoms with van der Waals surface area (Å²) >= 11 is 5.98. The Morgan fingerprint density at radius 3 is 1.71 bits per heavy atom. The van der Waals surface area contributed by atoms with Crippen LogP contribution in [0.25, 0.3) is 0 Å². The maximum atomic E-state index is 14.4. The number of aliphatic hydroxyl groups is 2. The van der Waals surface area contributed by atoms with Crippen LogP contribution in [0.3, 0.4) is 0 Å². The Hall–Kier alpha value is -6.97. The van der Waals surface area contributed by atoms with Crippen molar-refractivity contribution in [1.29, 1.82) is 15.8 Å². The predicted octanol–water partition coefficient (Wildman–Crippen LogP) is 8.32. The second-order valence-corrected chi connectivity index (χ2v) is 15.7. The van der Waals surface area contributed by atoms with Crippen molar-refractivity contribution in [3.63, 3.8) is 0 Å². The third-order valence-electron chi connectivity index (χ3n) is 9.16. The fourth-order valence-corrected chi connectivity index (χ4v) is 6.90. The third kappa shape index (κ3) is 12.2. The summed E-state index contributed by atoms with van der Waals surface area (Å²) in [5.74, 6) is -4.42. The summed E-state index contributed by atoms with van der Waals surface area (Å²) in [6.07, 6.45) is -9.41. The Kier molecular flexibility index (Phi) is 17.3. The van der Waals surface area contributed by atoms with Gasteiger partial charge in [0.05, 0.1) is 58.3 Å². The Labute approximate surface area is 380 Å². The van der Waals surface area contributed by atoms with E-state index in [0.717, 1.165) is 41.3 Å². The molecule has 5 rings (SSSR count). The molecule has 0 aliphatic carbocycles. The van der Waals surface area contributed by atoms with Gasteiger partial charge < -0.3 is 25.2 Å². The van der Waals surface area contributed by atoms with Gasteiger partial charge in [-0.1, -0.05) is 0 Å². The van der Waals surface area contributed by atoms with Gasteiger partial charge in [0.25, 0.3) is 5.91 Å². The smallest absolute Gasteiger partial charge is 0.417 e. The maximum Gasteiger partial charge on any atom is 0.417 e. The first-order chi connectivity index (χ1) is 30.6. The SMILES string of the molecule is CC1(C)C(=O)N(c2ccc(C#N)c(C(F)(F)F)c2)C(=S)N1c1ccc(C(=O)CO)c(F)c1.COC(=O)C(C)(C)Nc1ccc(C(=O)CO)c(F)c1.N#CSc1ccc(C#N)c(C(F)(F)F)c1. The van der Waals surface area contributed by atoms with Crippen LogP contribution in [0.15, 0.2) is 77.7 Å². The van der Waals surface area contributed by atoms with Gasteiger partial charge in [-0.2, -0.15) is 42.1 Å². The Bertz CT molecular complexity index is 2690. The molecule has 13 nitrogen and oxygen atoms in total. The van der Waals surface area contributed by atoms with Crippen molar-refractivity contribution in [2.45, 2.75) is 56.0 Å². The number of esters is 1. The number of nitrogens with one attached hydrogen (secondary N) is 1. The lowest BCUT2D eigenvalue weighted by molar-refractivity contribution is -0.144. The average molecular weight is 963 g/mol. The highest BCUT2D eigenvalue weighted by Crippen LogP contribution is 2.40. The molecular formula is C43H34F8N6O7S2. The van der Waals surface area contributed by atoms with Crippen molar-refractivity contribution >= 4 is 69.6 Å². The molecule has 4 aromatic carbocycles. The molecule has 3 N–H and O–H groups in total. The van der Waals surface area contributed by atoms with Gasteiger partial charge in [0.1, 0.15) is 41.3 Å². The Morgan fingerprint density at radius 2 is 1.26 bits per heavy atom. The maximum absolute atomic E-state index is 14.4. The summed E-state index contributed by atoms with van der Waals surface area (Å²) in [4.78, 5) is 49.7. The van der Waals surface area contributed by atoms with Gasteiger partial charge in [0, 0.05) is 16.3 Å². The van der Waals surface area contributed by atoms with E-state index in [9.17, 15) is 54.3 Å². The number of hydrogen-bond donors (Lipinski definition) is 3. The molecule has 66 heavy (non-hydrogen) atoms. The molecular weight excluding hydrogens is 929 g/mol. The van der Waals surface area contributed by atoms with E-state index in [-0.39, 0.29) is 32.5 Å². The Morgan fingerprint density at radius 1 is 0.773 bits per heavy atom. The van der Waals surface area contributed by atoms with Gasteiger partial charge in [0.15, 0.2) is 16.7 Å². The summed E-state index contributed by atoms with van der Waals surface area (Å²) in [6.45, 7) is 4.45. The first kappa shape index (κ1) is 53.4. The monoisotopic (exact) mass is 962 g/mol. The zero-order valence-electron chi connectivity index (χ0n) is 34.9. The minimum atomic E-state index is -4.83. The average Bonchev–Trinajstić information content (AvgIpc) is 3.43. The van der Waals surface area contributed by atoms with Gasteiger partial charge in [-0.3, -0.25) is 19.3 Å². The fourth-order valence-electron chi connectivity index (χ4n) is 5.96. The van der Waals surface area contributed by atoms with Crippen LogP contribution in [0.1, 0.15) is 70.7 Å². The number of alkyl halides is 6. The molecule has 1 aliphatic heterocycles. The molecule has 1 saturated heterocycles. The number of ketones is 2. The van der Waals surface area contributed by atoms with E-state index in [1.165, 1.54) is 68.3 Å². The van der Waals surface area contributed by atoms with Crippen molar-refractivity contribution in [2.24, 2.45) is 0 Å². The lowest BCUT2D eigenvalue weighted by Crippen LogP contribution is -2.44. The number of thioether (sulfide) groups is 1. The second kappa shape index (κ2) is 21.3. The van der Waals surface area contributed by atoms with Crippen LogP contribution >= 0.6 is 24.0 Å². The molecule has 346 valence electrons. The number of thiocyanates is 1. The summed E-state index contributed by atoms with van der Waals surface area (Å²) in [7, 11) is 1.26. The van der Waals surface area contributed by atoms with Gasteiger partial charge in [-0.05, 0) is 124 Å². The van der Waals surface area contributed by atoms with Crippen LogP contribution < -0.4 is 15.1 Å². The van der Waals surface area contributed by atoms with Crippen molar-refractivity contribution < 1.29 is 69.3 Å². The first-order valence-corrected chi connectivity index (χ1v) is 19.6. The molecule has 0 saturated carbocycles. The molecule has 1 aliphatic rings. The number of rotatable bonds is 10. The van der Waals surface area contributed by atoms with E-state index in [0.29, 0.717) is 23.5 Å². The topological polar surface area (TPSA) is 208 Å². The van der Waals surface area contributed by atoms with Crippen LogP contribution in [0, 0.1) is 45.0 Å². The number of ether oxygens (including phenoxy) is 1. The van der Waals surface area contributed by atoms with E-state index in [4.69, 9.17) is 38.2 Å². The molecule has 0 aromatic heterocycles. The standard InChI is InChI=1S/C21H15F4N3O3S.C13H16FNO4.C9H3F3N2S/c1-20(2)18(31)27(12-4-3-11(9-26)15(7-12)21(23,24)25)19(32)28(20)13-5-6-14(16(22)8-13)17(30)10-29;1-13(2,12(18)19-3)15-8-4-5-9(10(14)6-8)11(17)7-16;10-9(11,12)8-3-7(15-5-14)2-1-6(8)4-13/h3-8,29H,10H2,1-2H3;4-6,15-16H,7H2,1-3H3;1-3H. The first-order valence-electron chi connectivity index (χ1n) is 18.4. The normalized spacial score (nSPS) is 13.2. The molecule has 4 aromatic rings. The van der Waals surface area contributed by atoms with E-state index >= 15 is 0 Å². The molecule has 1 heterocycles. The summed E-state index contributed by atoms with van der Waals surface area (Å²) in [5.41, 5.74) is -6.03. The minimum Gasteiger partial charge on any atom is -0.467 e. The lowest BCUT2D eigenvalue weighted by Gasteiger charge is -2.29. The highest BCUT2D eigenvalue weighted by molar-refractivity contribution is 8.03. The summed E-state index contributed by atoms with van der Waals surface area (Å²) < 4.78 is 110. The number of aliphatic hydroxyl groups excluding tert-OH is 2. The highest BCUT2D eigenvalue weighted by atomic mass is 32.2. The molecule has 0 spiro atoms. The predicted molar refractivity (Wildman–Crippen MR) is 226 cm³/mol.